The lowest BCUT2D eigenvalue weighted by Gasteiger charge is -2.48. The molecule has 19 heavy (non-hydrogen) atoms. The van der Waals surface area contributed by atoms with Crippen LogP contribution >= 0.6 is 0 Å². The lowest BCUT2D eigenvalue weighted by atomic mass is 9.61. The Balaban J connectivity index is 1.82. The molecular weight excluding hydrogens is 232 g/mol. The van der Waals surface area contributed by atoms with Gasteiger partial charge in [0.05, 0.1) is 0 Å². The first-order chi connectivity index (χ1) is 8.91. The standard InChI is InChI=1S/C17H34N2/c1-5-17(9-6-10-17)12-19-11-14-7-8-15(18)13(2)16(14,3)4/h13-15,19H,5-12,18H2,1-4H3. The number of nitrogens with two attached hydrogens (primary N) is 1. The Hall–Kier alpha value is -0.0800. The van der Waals surface area contributed by atoms with Gasteiger partial charge >= 0.3 is 0 Å². The van der Waals surface area contributed by atoms with Crippen molar-refractivity contribution >= 4 is 0 Å². The van der Waals surface area contributed by atoms with Crippen molar-refractivity contribution in [2.75, 3.05) is 13.1 Å². The van der Waals surface area contributed by atoms with E-state index in [-0.39, 0.29) is 0 Å². The van der Waals surface area contributed by atoms with Crippen LogP contribution in [0.5, 0.6) is 0 Å². The summed E-state index contributed by atoms with van der Waals surface area (Å²) in [5, 5.41) is 3.80. The van der Waals surface area contributed by atoms with Crippen molar-refractivity contribution in [3.8, 4) is 0 Å². The van der Waals surface area contributed by atoms with Crippen LogP contribution in [-0.4, -0.2) is 19.1 Å². The van der Waals surface area contributed by atoms with Gasteiger partial charge in [-0.25, -0.2) is 0 Å². The van der Waals surface area contributed by atoms with E-state index in [1.165, 1.54) is 51.6 Å². The lowest BCUT2D eigenvalue weighted by molar-refractivity contribution is 0.0475. The third-order valence-electron chi connectivity index (χ3n) is 6.77. The average molecular weight is 266 g/mol. The molecule has 0 aromatic rings. The predicted molar refractivity (Wildman–Crippen MR) is 83.1 cm³/mol. The van der Waals surface area contributed by atoms with Crippen LogP contribution in [0.25, 0.3) is 0 Å². The van der Waals surface area contributed by atoms with Crippen LogP contribution in [0.2, 0.25) is 0 Å². The number of hydrogen-bond donors (Lipinski definition) is 2. The molecule has 0 radical (unpaired) electrons. The quantitative estimate of drug-likeness (QED) is 0.798. The molecule has 0 saturated heterocycles. The minimum absolute atomic E-state index is 0.379. The van der Waals surface area contributed by atoms with Gasteiger partial charge in [-0.2, -0.15) is 0 Å². The molecule has 3 unspecified atom stereocenters. The summed E-state index contributed by atoms with van der Waals surface area (Å²) in [7, 11) is 0. The highest BCUT2D eigenvalue weighted by Gasteiger charge is 2.41. The van der Waals surface area contributed by atoms with Crippen LogP contribution < -0.4 is 11.1 Å². The summed E-state index contributed by atoms with van der Waals surface area (Å²) in [6.07, 6.45) is 8.16. The zero-order chi connectivity index (χ0) is 14.1. The van der Waals surface area contributed by atoms with Gasteiger partial charge < -0.3 is 11.1 Å². The predicted octanol–water partition coefficient (Wildman–Crippen LogP) is 3.56. The van der Waals surface area contributed by atoms with Crippen LogP contribution in [0.4, 0.5) is 0 Å². The number of hydrogen-bond acceptors (Lipinski definition) is 2. The highest BCUT2D eigenvalue weighted by Crippen LogP contribution is 2.45. The smallest absolute Gasteiger partial charge is 0.00698 e. The van der Waals surface area contributed by atoms with Gasteiger partial charge in [0.2, 0.25) is 0 Å². The molecule has 2 nitrogen and oxygen atoms in total. The Morgan fingerprint density at radius 3 is 2.42 bits per heavy atom. The van der Waals surface area contributed by atoms with Gasteiger partial charge in [0.25, 0.3) is 0 Å². The van der Waals surface area contributed by atoms with Crippen molar-refractivity contribution in [2.24, 2.45) is 28.4 Å². The third-order valence-corrected chi connectivity index (χ3v) is 6.77. The second-order valence-electron chi connectivity index (χ2n) is 7.89. The fraction of sp³-hybridized carbons (Fsp3) is 1.00. The third kappa shape index (κ3) is 3.00. The Morgan fingerprint density at radius 2 is 1.89 bits per heavy atom. The SMILES string of the molecule is CCC1(CNCC2CCC(N)C(C)C2(C)C)CCC1. The van der Waals surface area contributed by atoms with Gasteiger partial charge in [0.1, 0.15) is 0 Å². The minimum atomic E-state index is 0.379. The molecule has 0 aromatic heterocycles. The molecule has 0 aromatic carbocycles. The Bertz CT molecular complexity index is 288. The van der Waals surface area contributed by atoms with Crippen LogP contribution in [0.1, 0.15) is 66.2 Å². The first kappa shape index (κ1) is 15.3. The molecule has 2 saturated carbocycles. The molecule has 112 valence electrons. The first-order valence-corrected chi connectivity index (χ1v) is 8.37. The fourth-order valence-corrected chi connectivity index (χ4v) is 4.15. The molecule has 0 aliphatic heterocycles. The Morgan fingerprint density at radius 1 is 1.21 bits per heavy atom. The summed E-state index contributed by atoms with van der Waals surface area (Å²) < 4.78 is 0. The summed E-state index contributed by atoms with van der Waals surface area (Å²) in [6.45, 7) is 12.0. The molecule has 2 aliphatic rings. The number of rotatable bonds is 5. The molecule has 0 spiro atoms. The molecule has 2 aliphatic carbocycles. The second kappa shape index (κ2) is 5.73. The van der Waals surface area contributed by atoms with E-state index in [4.69, 9.17) is 5.73 Å². The summed E-state index contributed by atoms with van der Waals surface area (Å²) in [6, 6.07) is 0.403. The zero-order valence-corrected chi connectivity index (χ0v) is 13.5. The van der Waals surface area contributed by atoms with E-state index in [1.807, 2.05) is 0 Å². The van der Waals surface area contributed by atoms with Gasteiger partial charge in [-0.3, -0.25) is 0 Å². The van der Waals surface area contributed by atoms with Crippen molar-refractivity contribution in [1.29, 1.82) is 0 Å². The molecule has 2 rings (SSSR count). The second-order valence-corrected chi connectivity index (χ2v) is 7.89. The van der Waals surface area contributed by atoms with Gasteiger partial charge in [-0.05, 0) is 61.3 Å². The minimum Gasteiger partial charge on any atom is -0.327 e. The van der Waals surface area contributed by atoms with Crippen LogP contribution in [-0.2, 0) is 0 Å². The molecule has 3 atom stereocenters. The van der Waals surface area contributed by atoms with Crippen LogP contribution in [0, 0.1) is 22.7 Å². The van der Waals surface area contributed by atoms with Crippen LogP contribution in [0.3, 0.4) is 0 Å². The normalized spacial score (nSPS) is 36.8. The average Bonchev–Trinajstić information content (AvgIpc) is 2.33. The van der Waals surface area contributed by atoms with E-state index in [0.29, 0.717) is 22.8 Å². The monoisotopic (exact) mass is 266 g/mol. The summed E-state index contributed by atoms with van der Waals surface area (Å²) in [4.78, 5) is 0. The van der Waals surface area contributed by atoms with Gasteiger partial charge in [-0.1, -0.05) is 34.1 Å². The largest absolute Gasteiger partial charge is 0.327 e. The molecule has 0 heterocycles. The van der Waals surface area contributed by atoms with E-state index < -0.39 is 0 Å². The molecular formula is C17H34N2. The maximum absolute atomic E-state index is 6.25. The van der Waals surface area contributed by atoms with Crippen molar-refractivity contribution in [3.05, 3.63) is 0 Å². The first-order valence-electron chi connectivity index (χ1n) is 8.37. The van der Waals surface area contributed by atoms with E-state index in [0.717, 1.165) is 5.92 Å². The number of nitrogens with one attached hydrogen (secondary N) is 1. The molecule has 2 fully saturated rings. The summed E-state index contributed by atoms with van der Waals surface area (Å²) in [5.41, 5.74) is 7.26. The van der Waals surface area contributed by atoms with E-state index in [2.05, 4.69) is 33.0 Å². The topological polar surface area (TPSA) is 38.0 Å². The van der Waals surface area contributed by atoms with E-state index >= 15 is 0 Å². The molecule has 2 heteroatoms. The fourth-order valence-electron chi connectivity index (χ4n) is 4.15. The molecule has 0 bridgehead atoms. The highest BCUT2D eigenvalue weighted by molar-refractivity contribution is 4.95. The molecule has 3 N–H and O–H groups in total. The van der Waals surface area contributed by atoms with E-state index in [9.17, 15) is 0 Å². The van der Waals surface area contributed by atoms with Crippen LogP contribution in [0.15, 0.2) is 0 Å². The van der Waals surface area contributed by atoms with Crippen molar-refractivity contribution < 1.29 is 0 Å². The van der Waals surface area contributed by atoms with E-state index in [1.54, 1.807) is 0 Å². The Kier molecular flexibility index (Phi) is 4.62. The maximum Gasteiger partial charge on any atom is 0.00698 e. The lowest BCUT2D eigenvalue weighted by Crippen LogP contribution is -2.50. The Labute approximate surface area is 119 Å². The van der Waals surface area contributed by atoms with Crippen molar-refractivity contribution in [2.45, 2.75) is 72.3 Å². The van der Waals surface area contributed by atoms with Crippen molar-refractivity contribution in [3.63, 3.8) is 0 Å². The summed E-state index contributed by atoms with van der Waals surface area (Å²) >= 11 is 0. The van der Waals surface area contributed by atoms with Crippen molar-refractivity contribution in [1.82, 2.24) is 5.32 Å². The summed E-state index contributed by atoms with van der Waals surface area (Å²) in [5.74, 6) is 1.42. The van der Waals surface area contributed by atoms with Gasteiger partial charge in [0.15, 0.2) is 0 Å². The zero-order valence-electron chi connectivity index (χ0n) is 13.5. The molecule has 0 amide bonds. The van der Waals surface area contributed by atoms with Gasteiger partial charge in [0, 0.05) is 12.6 Å². The highest BCUT2D eigenvalue weighted by atomic mass is 14.9. The maximum atomic E-state index is 6.25. The van der Waals surface area contributed by atoms with Gasteiger partial charge in [-0.15, -0.1) is 0 Å².